The van der Waals surface area contributed by atoms with Crippen LogP contribution < -0.4 is 5.32 Å². The van der Waals surface area contributed by atoms with Gasteiger partial charge in [0.25, 0.3) is 0 Å². The first kappa shape index (κ1) is 18.9. The summed E-state index contributed by atoms with van der Waals surface area (Å²) >= 11 is 0. The van der Waals surface area contributed by atoms with Crippen LogP contribution in [0, 0.1) is 12.7 Å². The second-order valence-corrected chi connectivity index (χ2v) is 8.33. The van der Waals surface area contributed by atoms with E-state index in [1.165, 1.54) is 36.4 Å². The number of sulfone groups is 1. The Bertz CT molecular complexity index is 1230. The van der Waals surface area contributed by atoms with Crippen molar-refractivity contribution >= 4 is 21.4 Å². The Kier molecular flexibility index (Phi) is 4.90. The molecule has 4 aromatic rings. The van der Waals surface area contributed by atoms with E-state index in [1.54, 1.807) is 24.3 Å². The molecule has 29 heavy (non-hydrogen) atoms. The van der Waals surface area contributed by atoms with E-state index in [0.717, 1.165) is 5.56 Å². The number of nitrogens with one attached hydrogen (secondary N) is 1. The fourth-order valence-electron chi connectivity index (χ4n) is 2.76. The van der Waals surface area contributed by atoms with Gasteiger partial charge in [0.1, 0.15) is 5.82 Å². The number of para-hydroxylation sites is 1. The zero-order valence-electron chi connectivity index (χ0n) is 15.5. The molecule has 1 aromatic heterocycles. The van der Waals surface area contributed by atoms with Crippen molar-refractivity contribution in [3.05, 3.63) is 90.2 Å². The highest BCUT2D eigenvalue weighted by Gasteiger charge is 2.28. The number of rotatable bonds is 5. The molecule has 0 radical (unpaired) electrons. The normalized spacial score (nSPS) is 11.4. The van der Waals surface area contributed by atoms with Crippen molar-refractivity contribution in [1.29, 1.82) is 0 Å². The first-order chi connectivity index (χ1) is 13.9. The van der Waals surface area contributed by atoms with Gasteiger partial charge in [0.05, 0.1) is 4.90 Å². The van der Waals surface area contributed by atoms with Crippen LogP contribution in [-0.2, 0) is 9.84 Å². The smallest absolute Gasteiger partial charge is 0.238 e. The summed E-state index contributed by atoms with van der Waals surface area (Å²) in [7, 11) is -3.94. The molecule has 5 nitrogen and oxygen atoms in total. The van der Waals surface area contributed by atoms with E-state index in [4.69, 9.17) is 4.42 Å². The first-order valence-corrected chi connectivity index (χ1v) is 10.3. The summed E-state index contributed by atoms with van der Waals surface area (Å²) in [5.41, 5.74) is 2.06. The van der Waals surface area contributed by atoms with E-state index in [0.29, 0.717) is 11.3 Å². The molecular formula is C22H17FN2O3S. The summed E-state index contributed by atoms with van der Waals surface area (Å²) < 4.78 is 45.5. The summed E-state index contributed by atoms with van der Waals surface area (Å²) in [5.74, 6) is -0.333. The third kappa shape index (κ3) is 3.90. The number of aryl methyl sites for hydroxylation is 1. The lowest BCUT2D eigenvalue weighted by Gasteiger charge is -2.06. The van der Waals surface area contributed by atoms with E-state index in [2.05, 4.69) is 10.3 Å². The van der Waals surface area contributed by atoms with Crippen molar-refractivity contribution in [3.63, 3.8) is 0 Å². The molecule has 0 atom stereocenters. The quantitative estimate of drug-likeness (QED) is 0.481. The van der Waals surface area contributed by atoms with Gasteiger partial charge < -0.3 is 9.73 Å². The maximum absolute atomic E-state index is 13.3. The Morgan fingerprint density at radius 1 is 0.897 bits per heavy atom. The van der Waals surface area contributed by atoms with Crippen LogP contribution in [0.3, 0.4) is 0 Å². The van der Waals surface area contributed by atoms with Gasteiger partial charge in [-0.3, -0.25) is 0 Å². The van der Waals surface area contributed by atoms with Crippen molar-refractivity contribution in [2.45, 2.75) is 16.8 Å². The van der Waals surface area contributed by atoms with Gasteiger partial charge in [-0.1, -0.05) is 35.9 Å². The summed E-state index contributed by atoms with van der Waals surface area (Å²) in [4.78, 5) is 4.35. The first-order valence-electron chi connectivity index (χ1n) is 8.84. The molecule has 0 amide bonds. The fourth-order valence-corrected chi connectivity index (χ4v) is 4.02. The fraction of sp³-hybridized carbons (Fsp3) is 0.0455. The van der Waals surface area contributed by atoms with Gasteiger partial charge in [-0.15, -0.1) is 0 Å². The van der Waals surface area contributed by atoms with Gasteiger partial charge in [-0.2, -0.15) is 4.98 Å². The number of hydrogen-bond acceptors (Lipinski definition) is 5. The van der Waals surface area contributed by atoms with Crippen LogP contribution in [0.15, 0.2) is 93.2 Å². The van der Waals surface area contributed by atoms with Crippen molar-refractivity contribution < 1.29 is 17.2 Å². The maximum Gasteiger partial charge on any atom is 0.238 e. The highest BCUT2D eigenvalue weighted by molar-refractivity contribution is 7.91. The van der Waals surface area contributed by atoms with Gasteiger partial charge in [0.2, 0.25) is 26.6 Å². The van der Waals surface area contributed by atoms with E-state index in [-0.39, 0.29) is 21.7 Å². The van der Waals surface area contributed by atoms with Gasteiger partial charge in [-0.25, -0.2) is 12.8 Å². The molecule has 3 aromatic carbocycles. The number of nitrogens with zero attached hydrogens (tertiary/aromatic N) is 1. The molecule has 146 valence electrons. The van der Waals surface area contributed by atoms with Crippen molar-refractivity contribution in [1.82, 2.24) is 4.98 Å². The van der Waals surface area contributed by atoms with Crippen LogP contribution in [0.4, 0.5) is 16.0 Å². The number of halogens is 1. The summed E-state index contributed by atoms with van der Waals surface area (Å²) in [6.07, 6.45) is 0. The average molecular weight is 408 g/mol. The van der Waals surface area contributed by atoms with Gasteiger partial charge in [-0.05, 0) is 55.5 Å². The molecule has 0 saturated carbocycles. The number of hydrogen-bond donors (Lipinski definition) is 1. The molecule has 0 saturated heterocycles. The van der Waals surface area contributed by atoms with Crippen LogP contribution in [0.25, 0.3) is 11.5 Å². The Balaban J connectivity index is 1.84. The molecule has 0 unspecified atom stereocenters. The maximum atomic E-state index is 13.3. The average Bonchev–Trinajstić information content (AvgIpc) is 3.14. The molecule has 0 bridgehead atoms. The number of aromatic nitrogens is 1. The number of oxazole rings is 1. The minimum Gasteiger partial charge on any atom is -0.419 e. The molecule has 0 spiro atoms. The highest BCUT2D eigenvalue weighted by atomic mass is 32.2. The van der Waals surface area contributed by atoms with Crippen molar-refractivity contribution in [2.75, 3.05) is 5.32 Å². The molecule has 0 aliphatic heterocycles. The minimum atomic E-state index is -3.94. The Labute approximate surface area is 167 Å². The molecule has 0 aliphatic rings. The van der Waals surface area contributed by atoms with Crippen LogP contribution in [0.2, 0.25) is 0 Å². The molecule has 7 heteroatoms. The minimum absolute atomic E-state index is 0.00361. The summed E-state index contributed by atoms with van der Waals surface area (Å²) in [5, 5.41) is 2.75. The van der Waals surface area contributed by atoms with E-state index in [9.17, 15) is 12.8 Å². The van der Waals surface area contributed by atoms with Gasteiger partial charge in [0.15, 0.2) is 0 Å². The lowest BCUT2D eigenvalue weighted by molar-refractivity contribution is 0.581. The van der Waals surface area contributed by atoms with Crippen LogP contribution in [0.1, 0.15) is 5.56 Å². The predicted octanol–water partition coefficient (Wildman–Crippen LogP) is 5.37. The third-order valence-corrected chi connectivity index (χ3v) is 5.98. The Morgan fingerprint density at radius 3 is 2.21 bits per heavy atom. The monoisotopic (exact) mass is 408 g/mol. The zero-order valence-corrected chi connectivity index (χ0v) is 16.3. The molecular weight excluding hydrogens is 391 g/mol. The SMILES string of the molecule is Cc1ccc(S(=O)(=O)c2nc(-c3ccc(F)cc3)oc2Nc2ccccc2)cc1. The van der Waals surface area contributed by atoms with Crippen molar-refractivity contribution in [3.8, 4) is 11.5 Å². The molecule has 4 rings (SSSR count). The summed E-state index contributed by atoms with van der Waals surface area (Å²) in [6, 6.07) is 21.0. The molecule has 1 heterocycles. The Morgan fingerprint density at radius 2 is 1.55 bits per heavy atom. The van der Waals surface area contributed by atoms with Crippen LogP contribution >= 0.6 is 0 Å². The molecule has 0 aliphatic carbocycles. The molecule has 1 N–H and O–H groups in total. The van der Waals surface area contributed by atoms with E-state index < -0.39 is 15.7 Å². The topological polar surface area (TPSA) is 72.2 Å². The standard InChI is InChI=1S/C22H17FN2O3S/c1-15-7-13-19(14-8-15)29(26,27)22-21(24-18-5-3-2-4-6-18)28-20(25-22)16-9-11-17(23)12-10-16/h2-14,24H,1H3. The Hall–Kier alpha value is -3.45. The second kappa shape index (κ2) is 7.52. The number of anilines is 2. The highest BCUT2D eigenvalue weighted by Crippen LogP contribution is 2.34. The lowest BCUT2D eigenvalue weighted by Crippen LogP contribution is -2.05. The van der Waals surface area contributed by atoms with E-state index in [1.807, 2.05) is 25.1 Å². The van der Waals surface area contributed by atoms with Crippen LogP contribution in [-0.4, -0.2) is 13.4 Å². The van der Waals surface area contributed by atoms with Gasteiger partial charge >= 0.3 is 0 Å². The lowest BCUT2D eigenvalue weighted by atomic mass is 10.2. The van der Waals surface area contributed by atoms with E-state index >= 15 is 0 Å². The summed E-state index contributed by atoms with van der Waals surface area (Å²) in [6.45, 7) is 1.88. The van der Waals surface area contributed by atoms with Crippen molar-refractivity contribution in [2.24, 2.45) is 0 Å². The van der Waals surface area contributed by atoms with Gasteiger partial charge in [0, 0.05) is 11.3 Å². The second-order valence-electron chi connectivity index (χ2n) is 6.47. The predicted molar refractivity (Wildman–Crippen MR) is 108 cm³/mol. The third-order valence-electron chi connectivity index (χ3n) is 4.30. The largest absolute Gasteiger partial charge is 0.419 e. The van der Waals surface area contributed by atoms with Crippen LogP contribution in [0.5, 0.6) is 0 Å². The number of benzene rings is 3. The molecule has 0 fully saturated rings. The zero-order chi connectivity index (χ0) is 20.4.